The minimum absolute atomic E-state index is 0.228. The summed E-state index contributed by atoms with van der Waals surface area (Å²) in [5.74, 6) is -0.960. The van der Waals surface area contributed by atoms with Gasteiger partial charge >= 0.3 is 5.97 Å². The Labute approximate surface area is 139 Å². The quantitative estimate of drug-likeness (QED) is 0.685. The Morgan fingerprint density at radius 1 is 1.33 bits per heavy atom. The Bertz CT molecular complexity index is 537. The number of esters is 1. The lowest BCUT2D eigenvalue weighted by molar-refractivity contribution is -0.117. The molecule has 0 aliphatic heterocycles. The van der Waals surface area contributed by atoms with Crippen molar-refractivity contribution in [2.75, 3.05) is 26.1 Å². The molecule has 0 saturated carbocycles. The summed E-state index contributed by atoms with van der Waals surface area (Å²) >= 11 is 6.59. The van der Waals surface area contributed by atoms with Crippen LogP contribution >= 0.6 is 31.9 Å². The highest BCUT2D eigenvalue weighted by Gasteiger charge is 2.20. The number of ether oxygens (including phenoxy) is 2. The van der Waals surface area contributed by atoms with Crippen LogP contribution in [0.2, 0.25) is 0 Å². The predicted molar refractivity (Wildman–Crippen MR) is 86.3 cm³/mol. The molecule has 1 unspecified atom stereocenters. The molecule has 0 aromatic heterocycles. The Morgan fingerprint density at radius 3 is 2.57 bits per heavy atom. The molecule has 3 N–H and O–H groups in total. The summed E-state index contributed by atoms with van der Waals surface area (Å²) in [5, 5.41) is 2.64. The molecule has 1 aromatic carbocycles. The Kier molecular flexibility index (Phi) is 7.30. The summed E-state index contributed by atoms with van der Waals surface area (Å²) < 4.78 is 10.8. The third-order valence-corrected chi connectivity index (χ3v) is 3.76. The van der Waals surface area contributed by atoms with Gasteiger partial charge in [0, 0.05) is 22.7 Å². The number of anilines is 1. The van der Waals surface area contributed by atoms with Gasteiger partial charge in [0.15, 0.2) is 0 Å². The van der Waals surface area contributed by atoms with Crippen LogP contribution in [-0.2, 0) is 14.3 Å². The fourth-order valence-electron chi connectivity index (χ4n) is 1.56. The van der Waals surface area contributed by atoms with Crippen molar-refractivity contribution in [3.05, 3.63) is 26.6 Å². The molecule has 0 saturated heterocycles. The normalized spacial score (nSPS) is 11.9. The van der Waals surface area contributed by atoms with Gasteiger partial charge < -0.3 is 20.5 Å². The second kappa shape index (κ2) is 8.47. The van der Waals surface area contributed by atoms with E-state index in [1.54, 1.807) is 12.1 Å². The number of carbonyl (C=O) groups excluding carboxylic acids is 2. The summed E-state index contributed by atoms with van der Waals surface area (Å²) in [4.78, 5) is 23.8. The summed E-state index contributed by atoms with van der Waals surface area (Å²) in [7, 11) is 2.80. The zero-order valence-corrected chi connectivity index (χ0v) is 14.8. The van der Waals surface area contributed by atoms with Crippen LogP contribution in [0.4, 0.5) is 5.69 Å². The Hall–Kier alpha value is -0.960. The molecule has 1 aromatic rings. The molecule has 6 nitrogen and oxygen atoms in total. The monoisotopic (exact) mass is 422 g/mol. The number of nitrogens with two attached hydrogens (primary N) is 1. The first-order valence-electron chi connectivity index (χ1n) is 6.03. The van der Waals surface area contributed by atoms with Gasteiger partial charge in [0.2, 0.25) is 5.91 Å². The van der Waals surface area contributed by atoms with E-state index in [4.69, 9.17) is 15.2 Å². The van der Waals surface area contributed by atoms with Crippen LogP contribution in [-0.4, -0.2) is 38.7 Å². The second-order valence-electron chi connectivity index (χ2n) is 4.18. The maximum absolute atomic E-state index is 12.0. The van der Waals surface area contributed by atoms with Crippen LogP contribution in [0.5, 0.6) is 0 Å². The SMILES string of the molecule is COCCC(N)C(=O)Nc1c(Br)cc(Br)cc1C(=O)OC. The molecule has 0 radical (unpaired) electrons. The van der Waals surface area contributed by atoms with E-state index < -0.39 is 17.9 Å². The van der Waals surface area contributed by atoms with Crippen LogP contribution in [0.1, 0.15) is 16.8 Å². The van der Waals surface area contributed by atoms with Crippen LogP contribution < -0.4 is 11.1 Å². The summed E-state index contributed by atoms with van der Waals surface area (Å²) in [5.41, 5.74) is 6.31. The van der Waals surface area contributed by atoms with Crippen LogP contribution in [0.3, 0.4) is 0 Å². The van der Waals surface area contributed by atoms with E-state index in [0.717, 1.165) is 0 Å². The van der Waals surface area contributed by atoms with Gasteiger partial charge in [-0.1, -0.05) is 15.9 Å². The van der Waals surface area contributed by atoms with Gasteiger partial charge in [0.25, 0.3) is 0 Å². The fraction of sp³-hybridized carbons (Fsp3) is 0.385. The number of rotatable bonds is 6. The van der Waals surface area contributed by atoms with Crippen molar-refractivity contribution in [3.8, 4) is 0 Å². The lowest BCUT2D eigenvalue weighted by Crippen LogP contribution is -2.37. The standard InChI is InChI=1S/C13H16Br2N2O4/c1-20-4-3-10(16)12(18)17-11-8(13(19)21-2)5-7(14)6-9(11)15/h5-6,10H,3-4,16H2,1-2H3,(H,17,18). The smallest absolute Gasteiger partial charge is 0.340 e. The van der Waals surface area contributed by atoms with Gasteiger partial charge in [-0.25, -0.2) is 4.79 Å². The number of methoxy groups -OCH3 is 2. The van der Waals surface area contributed by atoms with Crippen molar-refractivity contribution in [2.45, 2.75) is 12.5 Å². The van der Waals surface area contributed by atoms with E-state index in [-0.39, 0.29) is 5.56 Å². The molecule has 0 spiro atoms. The van der Waals surface area contributed by atoms with E-state index in [2.05, 4.69) is 37.2 Å². The molecule has 1 amide bonds. The largest absolute Gasteiger partial charge is 0.465 e. The molecule has 0 bridgehead atoms. The number of nitrogens with one attached hydrogen (secondary N) is 1. The van der Waals surface area contributed by atoms with Gasteiger partial charge in [-0.15, -0.1) is 0 Å². The van der Waals surface area contributed by atoms with E-state index >= 15 is 0 Å². The van der Waals surface area contributed by atoms with Crippen molar-refractivity contribution in [1.29, 1.82) is 0 Å². The van der Waals surface area contributed by atoms with E-state index in [0.29, 0.717) is 27.7 Å². The number of hydrogen-bond donors (Lipinski definition) is 2. The molecule has 0 heterocycles. The molecule has 0 aliphatic carbocycles. The van der Waals surface area contributed by atoms with E-state index in [1.165, 1.54) is 14.2 Å². The van der Waals surface area contributed by atoms with Crippen molar-refractivity contribution in [3.63, 3.8) is 0 Å². The van der Waals surface area contributed by atoms with Gasteiger partial charge in [-0.2, -0.15) is 0 Å². The minimum Gasteiger partial charge on any atom is -0.465 e. The third kappa shape index (κ3) is 5.06. The van der Waals surface area contributed by atoms with Gasteiger partial charge in [-0.3, -0.25) is 4.79 Å². The molecular weight excluding hydrogens is 408 g/mol. The molecule has 21 heavy (non-hydrogen) atoms. The van der Waals surface area contributed by atoms with Gasteiger partial charge in [-0.05, 0) is 34.5 Å². The number of benzene rings is 1. The molecule has 1 atom stereocenters. The maximum atomic E-state index is 12.0. The number of halogens is 2. The number of hydrogen-bond acceptors (Lipinski definition) is 5. The van der Waals surface area contributed by atoms with E-state index in [1.807, 2.05) is 0 Å². The molecule has 0 aliphatic rings. The lowest BCUT2D eigenvalue weighted by Gasteiger charge is -2.15. The first kappa shape index (κ1) is 18.1. The summed E-state index contributed by atoms with van der Waals surface area (Å²) in [6.07, 6.45) is 0.379. The fourth-order valence-corrected chi connectivity index (χ4v) is 2.89. The zero-order valence-electron chi connectivity index (χ0n) is 11.6. The van der Waals surface area contributed by atoms with Crippen molar-refractivity contribution < 1.29 is 19.1 Å². The molecular formula is C13H16Br2N2O4. The van der Waals surface area contributed by atoms with Crippen LogP contribution in [0, 0.1) is 0 Å². The number of amides is 1. The van der Waals surface area contributed by atoms with Gasteiger partial charge in [0.05, 0.1) is 24.4 Å². The summed E-state index contributed by atoms with van der Waals surface area (Å²) in [6, 6.07) is 2.54. The van der Waals surface area contributed by atoms with Crippen LogP contribution in [0.15, 0.2) is 21.1 Å². The van der Waals surface area contributed by atoms with Crippen molar-refractivity contribution >= 4 is 49.4 Å². The van der Waals surface area contributed by atoms with Crippen molar-refractivity contribution in [2.24, 2.45) is 5.73 Å². The third-order valence-electron chi connectivity index (χ3n) is 2.68. The zero-order chi connectivity index (χ0) is 16.0. The second-order valence-corrected chi connectivity index (χ2v) is 5.95. The highest BCUT2D eigenvalue weighted by molar-refractivity contribution is 9.11. The molecule has 1 rings (SSSR count). The highest BCUT2D eigenvalue weighted by atomic mass is 79.9. The average Bonchev–Trinajstić information content (AvgIpc) is 2.45. The topological polar surface area (TPSA) is 90.6 Å². The Morgan fingerprint density at radius 2 is 2.00 bits per heavy atom. The minimum atomic E-state index is -0.731. The lowest BCUT2D eigenvalue weighted by atomic mass is 10.1. The molecule has 116 valence electrons. The van der Waals surface area contributed by atoms with E-state index in [9.17, 15) is 9.59 Å². The van der Waals surface area contributed by atoms with Crippen LogP contribution in [0.25, 0.3) is 0 Å². The average molecular weight is 424 g/mol. The summed E-state index contributed by atoms with van der Waals surface area (Å²) in [6.45, 7) is 0.375. The first-order chi connectivity index (χ1) is 9.90. The first-order valence-corrected chi connectivity index (χ1v) is 7.62. The highest BCUT2D eigenvalue weighted by Crippen LogP contribution is 2.31. The maximum Gasteiger partial charge on any atom is 0.340 e. The van der Waals surface area contributed by atoms with Crippen molar-refractivity contribution in [1.82, 2.24) is 0 Å². The van der Waals surface area contributed by atoms with Gasteiger partial charge in [0.1, 0.15) is 0 Å². The number of carbonyl (C=O) groups is 2. The predicted octanol–water partition coefficient (Wildman–Crippen LogP) is 2.30. The molecule has 8 heteroatoms. The Balaban J connectivity index is 3.01. The molecule has 0 fully saturated rings.